The molecule has 0 aliphatic rings. The smallest absolute Gasteiger partial charge is 1.00 e. The van der Waals surface area contributed by atoms with Crippen LogP contribution in [0.15, 0.2) is 0 Å². The molecule has 0 saturated carbocycles. The summed E-state index contributed by atoms with van der Waals surface area (Å²) >= 11 is 0. The van der Waals surface area contributed by atoms with Gasteiger partial charge in [0.1, 0.15) is 0 Å². The standard InChI is InChI=1S/Al.Ba.La.Zr.5H/q;+2;;;;;;2*-1. The predicted molar refractivity (Wildman–Crippen MR) is 17.9 cm³/mol. The zero-order valence-corrected chi connectivity index (χ0v) is 12.3. The summed E-state index contributed by atoms with van der Waals surface area (Å²) in [5.74, 6) is 0. The van der Waals surface area contributed by atoms with Crippen LogP contribution in [-0.2, 0) is 26.2 Å². The summed E-state index contributed by atoms with van der Waals surface area (Å²) in [7, 11) is 0. The van der Waals surface area contributed by atoms with E-state index in [-0.39, 0.29) is 131 Å². The van der Waals surface area contributed by atoms with Crippen LogP contribution in [0.25, 0.3) is 0 Å². The first-order chi connectivity index (χ1) is 0. The minimum absolute atomic E-state index is 0. The predicted octanol–water partition coefficient (Wildman–Crippen LogP) is -1.34. The first-order valence-electron chi connectivity index (χ1n) is 0. The Labute approximate surface area is 127 Å². The Kier molecular flexibility index (Phi) is 94.7. The molecular weight excluding hydrogens is 394 g/mol. The van der Waals surface area contributed by atoms with Crippen LogP contribution >= 0.6 is 0 Å². The zero-order chi connectivity index (χ0) is 0. The molecule has 0 aliphatic heterocycles. The number of hydrogen-bond acceptors (Lipinski definition) is 0. The second-order valence-corrected chi connectivity index (χ2v) is 0. The molecule has 0 saturated heterocycles. The van der Waals surface area contributed by atoms with Crippen molar-refractivity contribution in [3.05, 3.63) is 0 Å². The molecule has 0 aromatic heterocycles. The fourth-order valence-electron chi connectivity index (χ4n) is 0. The van der Waals surface area contributed by atoms with E-state index in [9.17, 15) is 0 Å². The molecule has 0 spiro atoms. The Balaban J connectivity index is 0. The van der Waals surface area contributed by atoms with Gasteiger partial charge in [-0.3, -0.25) is 0 Å². The van der Waals surface area contributed by atoms with E-state index >= 15 is 0 Å². The molecule has 0 unspecified atom stereocenters. The minimum Gasteiger partial charge on any atom is -1.00 e. The van der Waals surface area contributed by atoms with Crippen molar-refractivity contribution in [2.24, 2.45) is 0 Å². The maximum absolute atomic E-state index is 0. The van der Waals surface area contributed by atoms with Crippen LogP contribution in [0.5, 0.6) is 0 Å². The average molecular weight is 399 g/mol. The van der Waals surface area contributed by atoms with Crippen LogP contribution in [-0.4, -0.2) is 66.2 Å². The molecule has 1 radical (unpaired) electrons. The van der Waals surface area contributed by atoms with Crippen molar-refractivity contribution >= 4 is 66.2 Å². The summed E-state index contributed by atoms with van der Waals surface area (Å²) in [5.41, 5.74) is 0. The minimum atomic E-state index is 0. The Morgan fingerprint density at radius 2 is 1.25 bits per heavy atom. The zero-order valence-electron chi connectivity index (χ0n) is 3.78. The normalized spacial score (nSPS) is 0. The van der Waals surface area contributed by atoms with Crippen molar-refractivity contribution in [1.29, 1.82) is 0 Å². The van der Waals surface area contributed by atoms with Crippen molar-refractivity contribution in [1.82, 2.24) is 0 Å². The summed E-state index contributed by atoms with van der Waals surface area (Å²) in [6, 6.07) is 0. The summed E-state index contributed by atoms with van der Waals surface area (Å²) in [4.78, 5) is 0. The van der Waals surface area contributed by atoms with Gasteiger partial charge < -0.3 is 2.85 Å². The summed E-state index contributed by atoms with van der Waals surface area (Å²) in [5, 5.41) is 0. The van der Waals surface area contributed by atoms with Gasteiger partial charge in [-0.2, -0.15) is 0 Å². The molecule has 17 valence electrons. The first-order valence-corrected chi connectivity index (χ1v) is 0. The number of hydrogen-bond donors (Lipinski definition) is 0. The maximum atomic E-state index is 0. The third kappa shape index (κ3) is 9.49. The van der Waals surface area contributed by atoms with Crippen molar-refractivity contribution < 1.29 is 64.7 Å². The molecule has 0 amide bonds. The van der Waals surface area contributed by atoms with Crippen molar-refractivity contribution in [3.8, 4) is 0 Å². The van der Waals surface area contributed by atoms with E-state index in [2.05, 4.69) is 0 Å². The molecular formula is H5AlBaLaZr. The van der Waals surface area contributed by atoms with E-state index in [4.69, 9.17) is 0 Å². The van der Waals surface area contributed by atoms with E-state index in [0.717, 1.165) is 0 Å². The Morgan fingerprint density at radius 1 is 1.25 bits per heavy atom. The summed E-state index contributed by atoms with van der Waals surface area (Å²) < 4.78 is 0. The van der Waals surface area contributed by atoms with Crippen LogP contribution in [0.4, 0.5) is 0 Å². The molecule has 0 aromatic carbocycles. The van der Waals surface area contributed by atoms with E-state index in [0.29, 0.717) is 0 Å². The Hall–Kier alpha value is 4.18. The van der Waals surface area contributed by atoms with Gasteiger partial charge in [-0.25, -0.2) is 0 Å². The SMILES string of the molecule is [AlH3].[Ba+2].[H-].[H-].[La].[Zr]. The van der Waals surface area contributed by atoms with Crippen molar-refractivity contribution in [2.45, 2.75) is 0 Å². The van der Waals surface area contributed by atoms with Gasteiger partial charge in [0.05, 0.1) is 0 Å². The topological polar surface area (TPSA) is 0 Å². The molecule has 0 nitrogen and oxygen atoms in total. The van der Waals surface area contributed by atoms with Crippen LogP contribution in [0.3, 0.4) is 0 Å². The Bertz CT molecular complexity index is 13.5. The van der Waals surface area contributed by atoms with Gasteiger partial charge >= 0.3 is 48.9 Å². The molecule has 4 heavy (non-hydrogen) atoms. The first kappa shape index (κ1) is 24.1. The summed E-state index contributed by atoms with van der Waals surface area (Å²) in [6.07, 6.45) is 0. The van der Waals surface area contributed by atoms with Gasteiger partial charge in [0, 0.05) is 61.8 Å². The van der Waals surface area contributed by atoms with Gasteiger partial charge in [-0.15, -0.1) is 0 Å². The van der Waals surface area contributed by atoms with E-state index in [1.165, 1.54) is 0 Å². The van der Waals surface area contributed by atoms with E-state index in [1.807, 2.05) is 0 Å². The number of rotatable bonds is 0. The largest absolute Gasteiger partial charge is 2.00 e. The second kappa shape index (κ2) is 15.7. The maximum Gasteiger partial charge on any atom is 2.00 e. The molecule has 0 aliphatic carbocycles. The van der Waals surface area contributed by atoms with Gasteiger partial charge in [-0.05, 0) is 0 Å². The molecule has 4 heteroatoms. The van der Waals surface area contributed by atoms with Gasteiger partial charge in [0.25, 0.3) is 0 Å². The summed E-state index contributed by atoms with van der Waals surface area (Å²) in [6.45, 7) is 0. The monoisotopic (exact) mass is 399 g/mol. The van der Waals surface area contributed by atoms with Crippen LogP contribution in [0, 0.1) is 35.6 Å². The third-order valence-corrected chi connectivity index (χ3v) is 0. The molecule has 0 N–H and O–H groups in total. The second-order valence-electron chi connectivity index (χ2n) is 0. The van der Waals surface area contributed by atoms with E-state index in [1.54, 1.807) is 0 Å². The molecule has 0 heterocycles. The average Bonchev–Trinajstić information content (AvgIpc) is 0. The molecule has 0 atom stereocenters. The third-order valence-electron chi connectivity index (χ3n) is 0. The van der Waals surface area contributed by atoms with Gasteiger partial charge in [-0.1, -0.05) is 0 Å². The molecule has 0 rings (SSSR count). The Morgan fingerprint density at radius 3 is 1.25 bits per heavy atom. The fraction of sp³-hybridized carbons (Fsp3) is 0. The van der Waals surface area contributed by atoms with Gasteiger partial charge in [0.2, 0.25) is 0 Å². The van der Waals surface area contributed by atoms with Crippen LogP contribution in [0.1, 0.15) is 2.85 Å². The quantitative estimate of drug-likeness (QED) is 0.443. The van der Waals surface area contributed by atoms with E-state index < -0.39 is 0 Å². The van der Waals surface area contributed by atoms with Crippen molar-refractivity contribution in [3.63, 3.8) is 0 Å². The fourth-order valence-corrected chi connectivity index (χ4v) is 0. The molecule has 0 bridgehead atoms. The van der Waals surface area contributed by atoms with Crippen LogP contribution in [0.2, 0.25) is 0 Å². The van der Waals surface area contributed by atoms with Gasteiger partial charge in [0.15, 0.2) is 17.4 Å². The van der Waals surface area contributed by atoms with Crippen LogP contribution < -0.4 is 0 Å². The molecule has 0 aromatic rings. The van der Waals surface area contributed by atoms with Crippen molar-refractivity contribution in [2.75, 3.05) is 0 Å². The molecule has 0 fully saturated rings.